The fourth-order valence-corrected chi connectivity index (χ4v) is 4.24. The summed E-state index contributed by atoms with van der Waals surface area (Å²) in [5.74, 6) is 0.00773. The van der Waals surface area contributed by atoms with Crippen molar-refractivity contribution in [3.63, 3.8) is 0 Å². The number of carbonyl (C=O) groups is 2. The summed E-state index contributed by atoms with van der Waals surface area (Å²) in [6.07, 6.45) is 3.27. The lowest BCUT2D eigenvalue weighted by molar-refractivity contribution is -0.139. The van der Waals surface area contributed by atoms with Gasteiger partial charge in [-0.2, -0.15) is 0 Å². The van der Waals surface area contributed by atoms with E-state index in [1.54, 1.807) is 17.0 Å². The van der Waals surface area contributed by atoms with Gasteiger partial charge in [0, 0.05) is 44.2 Å². The van der Waals surface area contributed by atoms with E-state index in [9.17, 15) is 14.7 Å². The molecule has 0 unspecified atom stereocenters. The van der Waals surface area contributed by atoms with Crippen LogP contribution < -0.4 is 0 Å². The van der Waals surface area contributed by atoms with Gasteiger partial charge in [-0.25, -0.2) is 0 Å². The number of nitrogens with zero attached hydrogens (tertiary/aromatic N) is 3. The van der Waals surface area contributed by atoms with Gasteiger partial charge in [0.1, 0.15) is 5.75 Å². The molecule has 1 aromatic carbocycles. The molecule has 2 aliphatic rings. The average Bonchev–Trinajstić information content (AvgIpc) is 2.63. The van der Waals surface area contributed by atoms with Crippen LogP contribution in [-0.2, 0) is 4.79 Å². The minimum absolute atomic E-state index is 0.0779. The number of likely N-dealkylation sites (tertiary alicyclic amines) is 2. The lowest BCUT2D eigenvalue weighted by atomic mass is 9.72. The third-order valence-electron chi connectivity index (χ3n) is 5.87. The van der Waals surface area contributed by atoms with Gasteiger partial charge in [0.05, 0.1) is 5.56 Å². The Labute approximate surface area is 165 Å². The summed E-state index contributed by atoms with van der Waals surface area (Å²) in [7, 11) is 4.03. The van der Waals surface area contributed by atoms with E-state index >= 15 is 0 Å². The summed E-state index contributed by atoms with van der Waals surface area (Å²) < 4.78 is 0. The molecular formula is C20H28ClN3O3. The number of rotatable bonds is 4. The molecular weight excluding hydrogens is 366 g/mol. The molecule has 2 fully saturated rings. The predicted octanol–water partition coefficient (Wildman–Crippen LogP) is 2.45. The van der Waals surface area contributed by atoms with Crippen molar-refractivity contribution < 1.29 is 14.7 Å². The molecule has 0 radical (unpaired) electrons. The first-order valence-corrected chi connectivity index (χ1v) is 9.88. The van der Waals surface area contributed by atoms with Gasteiger partial charge in [-0.05, 0) is 57.0 Å². The number of phenols is 1. The number of phenolic OH excluding ortho intramolecular Hbond substituents is 1. The van der Waals surface area contributed by atoms with Gasteiger partial charge >= 0.3 is 0 Å². The molecule has 6 nitrogen and oxygen atoms in total. The monoisotopic (exact) mass is 393 g/mol. The Hall–Kier alpha value is -1.79. The Bertz CT molecular complexity index is 714. The van der Waals surface area contributed by atoms with Gasteiger partial charge in [-0.1, -0.05) is 11.6 Å². The molecule has 0 bridgehead atoms. The quantitative estimate of drug-likeness (QED) is 0.853. The number of aromatic hydroxyl groups is 1. The van der Waals surface area contributed by atoms with Crippen LogP contribution in [0.25, 0.3) is 0 Å². The van der Waals surface area contributed by atoms with E-state index in [-0.39, 0.29) is 23.0 Å². The fraction of sp³-hybridized carbons (Fsp3) is 0.600. The smallest absolute Gasteiger partial charge is 0.257 e. The topological polar surface area (TPSA) is 64.1 Å². The van der Waals surface area contributed by atoms with E-state index < -0.39 is 0 Å². The molecule has 1 N–H and O–H groups in total. The Morgan fingerprint density at radius 1 is 1.26 bits per heavy atom. The van der Waals surface area contributed by atoms with Crippen LogP contribution in [0, 0.1) is 5.41 Å². The van der Waals surface area contributed by atoms with Crippen LogP contribution in [0.5, 0.6) is 5.75 Å². The predicted molar refractivity (Wildman–Crippen MR) is 105 cm³/mol. The third kappa shape index (κ3) is 4.55. The standard InChI is InChI=1S/C20H28ClN3O3/c1-22(2)11-12-24-14-20(6-5-18(24)26)7-9-23(10-8-20)19(27)16-4-3-15(21)13-17(16)25/h3-4,13,25H,5-12,14H2,1-2H3. The summed E-state index contributed by atoms with van der Waals surface area (Å²) in [4.78, 5) is 30.9. The number of likely N-dealkylation sites (N-methyl/N-ethyl adjacent to an activating group) is 1. The summed E-state index contributed by atoms with van der Waals surface area (Å²) in [5, 5.41) is 10.4. The van der Waals surface area contributed by atoms with Gasteiger partial charge in [0.15, 0.2) is 0 Å². The van der Waals surface area contributed by atoms with Crippen LogP contribution in [0.3, 0.4) is 0 Å². The lowest BCUT2D eigenvalue weighted by Gasteiger charge is -2.47. The zero-order valence-corrected chi connectivity index (χ0v) is 16.8. The van der Waals surface area contributed by atoms with E-state index in [1.807, 2.05) is 19.0 Å². The van der Waals surface area contributed by atoms with Crippen LogP contribution in [0.15, 0.2) is 18.2 Å². The van der Waals surface area contributed by atoms with E-state index in [0.29, 0.717) is 30.1 Å². The molecule has 2 aliphatic heterocycles. The first kappa shape index (κ1) is 20.0. The molecule has 1 aromatic rings. The molecule has 0 saturated carbocycles. The molecule has 1 spiro atoms. The highest BCUT2D eigenvalue weighted by molar-refractivity contribution is 6.30. The van der Waals surface area contributed by atoms with E-state index in [2.05, 4.69) is 4.90 Å². The average molecular weight is 394 g/mol. The molecule has 7 heteroatoms. The van der Waals surface area contributed by atoms with Crippen molar-refractivity contribution in [2.24, 2.45) is 5.41 Å². The highest BCUT2D eigenvalue weighted by Crippen LogP contribution is 2.40. The minimum atomic E-state index is -0.157. The number of amides is 2. The Morgan fingerprint density at radius 2 is 1.96 bits per heavy atom. The summed E-state index contributed by atoms with van der Waals surface area (Å²) in [5.41, 5.74) is 0.403. The maximum atomic E-state index is 12.7. The molecule has 0 atom stereocenters. The molecule has 2 saturated heterocycles. The first-order chi connectivity index (χ1) is 12.8. The molecule has 148 valence electrons. The molecule has 0 aliphatic carbocycles. The van der Waals surface area contributed by atoms with Crippen LogP contribution >= 0.6 is 11.6 Å². The number of hydrogen-bond donors (Lipinski definition) is 1. The van der Waals surface area contributed by atoms with Crippen molar-refractivity contribution in [1.29, 1.82) is 0 Å². The van der Waals surface area contributed by atoms with Crippen molar-refractivity contribution >= 4 is 23.4 Å². The van der Waals surface area contributed by atoms with Gasteiger partial charge < -0.3 is 19.8 Å². The maximum absolute atomic E-state index is 12.7. The fourth-order valence-electron chi connectivity index (χ4n) is 4.08. The van der Waals surface area contributed by atoms with Crippen LogP contribution in [0.4, 0.5) is 0 Å². The van der Waals surface area contributed by atoms with Gasteiger partial charge in [-0.15, -0.1) is 0 Å². The number of carbonyl (C=O) groups excluding carboxylic acids is 2. The first-order valence-electron chi connectivity index (χ1n) is 9.50. The summed E-state index contributed by atoms with van der Waals surface area (Å²) in [6, 6.07) is 4.59. The summed E-state index contributed by atoms with van der Waals surface area (Å²) in [6.45, 7) is 3.71. The second kappa shape index (κ2) is 8.07. The van der Waals surface area contributed by atoms with E-state index in [0.717, 1.165) is 38.9 Å². The zero-order valence-electron chi connectivity index (χ0n) is 16.1. The van der Waals surface area contributed by atoms with Gasteiger partial charge in [-0.3, -0.25) is 9.59 Å². The number of piperidine rings is 2. The normalized spacial score (nSPS) is 19.8. The van der Waals surface area contributed by atoms with E-state index in [1.165, 1.54) is 6.07 Å². The minimum Gasteiger partial charge on any atom is -0.507 e. The van der Waals surface area contributed by atoms with Crippen LogP contribution in [0.1, 0.15) is 36.0 Å². The Balaban J connectivity index is 1.62. The van der Waals surface area contributed by atoms with Gasteiger partial charge in [0.2, 0.25) is 5.91 Å². The van der Waals surface area contributed by atoms with E-state index in [4.69, 9.17) is 11.6 Å². The lowest BCUT2D eigenvalue weighted by Crippen LogP contribution is -2.53. The van der Waals surface area contributed by atoms with Gasteiger partial charge in [0.25, 0.3) is 5.91 Å². The summed E-state index contributed by atoms with van der Waals surface area (Å²) >= 11 is 5.86. The SMILES string of the molecule is CN(C)CCN1CC2(CCC1=O)CCN(C(=O)c1ccc(Cl)cc1O)CC2. The van der Waals surface area contributed by atoms with Crippen molar-refractivity contribution in [2.45, 2.75) is 25.7 Å². The van der Waals surface area contributed by atoms with Crippen molar-refractivity contribution in [1.82, 2.24) is 14.7 Å². The third-order valence-corrected chi connectivity index (χ3v) is 6.10. The molecule has 27 heavy (non-hydrogen) atoms. The van der Waals surface area contributed by atoms with Crippen molar-refractivity contribution in [2.75, 3.05) is 46.8 Å². The van der Waals surface area contributed by atoms with Crippen molar-refractivity contribution in [3.8, 4) is 5.75 Å². The number of hydrogen-bond acceptors (Lipinski definition) is 4. The Morgan fingerprint density at radius 3 is 2.59 bits per heavy atom. The molecule has 2 heterocycles. The second-order valence-corrected chi connectivity index (χ2v) is 8.51. The molecule has 3 rings (SSSR count). The highest BCUT2D eigenvalue weighted by Gasteiger charge is 2.41. The maximum Gasteiger partial charge on any atom is 0.257 e. The largest absolute Gasteiger partial charge is 0.507 e. The zero-order chi connectivity index (χ0) is 19.6. The van der Waals surface area contributed by atoms with Crippen LogP contribution in [0.2, 0.25) is 5.02 Å². The Kier molecular flexibility index (Phi) is 5.96. The number of benzene rings is 1. The van der Waals surface area contributed by atoms with Crippen molar-refractivity contribution in [3.05, 3.63) is 28.8 Å². The molecule has 0 aromatic heterocycles. The highest BCUT2D eigenvalue weighted by atomic mass is 35.5. The van der Waals surface area contributed by atoms with Crippen LogP contribution in [-0.4, -0.2) is 78.4 Å². The second-order valence-electron chi connectivity index (χ2n) is 8.07. The molecule has 2 amide bonds. The number of halogens is 1.